The van der Waals surface area contributed by atoms with Crippen LogP contribution in [0, 0.1) is 0 Å². The van der Waals surface area contributed by atoms with Crippen LogP contribution >= 0.6 is 0 Å². The predicted molar refractivity (Wildman–Crippen MR) is 139 cm³/mol. The van der Waals surface area contributed by atoms with Crippen molar-refractivity contribution in [2.75, 3.05) is 26.8 Å². The van der Waals surface area contributed by atoms with Crippen molar-refractivity contribution in [1.82, 2.24) is 0 Å². The maximum absolute atomic E-state index is 9.84. The number of hydrogen-bond donors (Lipinski definition) is 1. The van der Waals surface area contributed by atoms with E-state index in [1.165, 1.54) is 11.1 Å². The Labute approximate surface area is 205 Å². The summed E-state index contributed by atoms with van der Waals surface area (Å²) in [6, 6.07) is 14.7. The van der Waals surface area contributed by atoms with E-state index in [0.29, 0.717) is 19.8 Å². The van der Waals surface area contributed by atoms with Gasteiger partial charge in [0, 0.05) is 13.2 Å². The van der Waals surface area contributed by atoms with Gasteiger partial charge in [-0.2, -0.15) is 0 Å². The molecule has 0 aliphatic heterocycles. The highest BCUT2D eigenvalue weighted by atomic mass is 16.7. The molecule has 188 valence electrons. The molecule has 0 aromatic heterocycles. The standard InChI is InChI=1S/C29H42O5/c1-5-31-22-33-21-27-18-26(19-28(20-27)34-23-32-6-2)15-14-25-13-10-12-24(17-25)11-8-7-9-16-29(3,4)30/h10,12-15,17-20,30H,5-9,11,16,21-23H2,1-4H3/b15-14+. The first-order valence-electron chi connectivity index (χ1n) is 12.4. The highest BCUT2D eigenvalue weighted by molar-refractivity contribution is 5.70. The molecule has 34 heavy (non-hydrogen) atoms. The summed E-state index contributed by atoms with van der Waals surface area (Å²) in [7, 11) is 0. The number of aryl methyl sites for hydroxylation is 1. The third kappa shape index (κ3) is 12.3. The van der Waals surface area contributed by atoms with Gasteiger partial charge in [-0.15, -0.1) is 0 Å². The SMILES string of the molecule is CCOCOCc1cc(/C=C/c2cccc(CCCCCC(C)(C)O)c2)cc(OCOCC)c1. The Bertz CT molecular complexity index is 854. The highest BCUT2D eigenvalue weighted by Gasteiger charge is 2.10. The molecule has 2 aromatic carbocycles. The number of benzene rings is 2. The Hall–Kier alpha value is -2.18. The van der Waals surface area contributed by atoms with E-state index in [1.807, 2.05) is 39.8 Å². The van der Waals surface area contributed by atoms with Gasteiger partial charge in [-0.05, 0) is 87.4 Å². The fraction of sp³-hybridized carbons (Fsp3) is 0.517. The summed E-state index contributed by atoms with van der Waals surface area (Å²) < 4.78 is 22.0. The summed E-state index contributed by atoms with van der Waals surface area (Å²) in [5.74, 6) is 0.755. The Morgan fingerprint density at radius 2 is 1.53 bits per heavy atom. The molecule has 0 radical (unpaired) electrons. The normalized spacial score (nSPS) is 11.9. The quantitative estimate of drug-likeness (QED) is 0.160. The van der Waals surface area contributed by atoms with Crippen LogP contribution in [0.1, 0.15) is 75.6 Å². The fourth-order valence-corrected chi connectivity index (χ4v) is 3.55. The van der Waals surface area contributed by atoms with Crippen LogP contribution in [0.3, 0.4) is 0 Å². The molecule has 0 fully saturated rings. The van der Waals surface area contributed by atoms with E-state index in [4.69, 9.17) is 18.9 Å². The zero-order chi connectivity index (χ0) is 24.7. The van der Waals surface area contributed by atoms with Gasteiger partial charge in [0.05, 0.1) is 12.2 Å². The maximum atomic E-state index is 9.84. The Morgan fingerprint density at radius 3 is 2.29 bits per heavy atom. The Morgan fingerprint density at radius 1 is 0.794 bits per heavy atom. The molecule has 0 heterocycles. The smallest absolute Gasteiger partial charge is 0.189 e. The summed E-state index contributed by atoms with van der Waals surface area (Å²) >= 11 is 0. The third-order valence-electron chi connectivity index (χ3n) is 5.31. The van der Waals surface area contributed by atoms with Crippen molar-refractivity contribution in [3.05, 3.63) is 64.7 Å². The van der Waals surface area contributed by atoms with E-state index >= 15 is 0 Å². The van der Waals surface area contributed by atoms with Crippen LogP contribution in [0.25, 0.3) is 12.2 Å². The maximum Gasteiger partial charge on any atom is 0.189 e. The van der Waals surface area contributed by atoms with Crippen LogP contribution in [0.2, 0.25) is 0 Å². The number of rotatable bonds is 17. The average Bonchev–Trinajstić information content (AvgIpc) is 2.80. The Balaban J connectivity index is 2.00. The van der Waals surface area contributed by atoms with Crippen molar-refractivity contribution in [1.29, 1.82) is 0 Å². The summed E-state index contributed by atoms with van der Waals surface area (Å²) in [4.78, 5) is 0. The molecular formula is C29H42O5. The van der Waals surface area contributed by atoms with Crippen LogP contribution < -0.4 is 4.74 Å². The number of hydrogen-bond acceptors (Lipinski definition) is 5. The molecule has 0 saturated heterocycles. The molecule has 0 atom stereocenters. The van der Waals surface area contributed by atoms with E-state index < -0.39 is 5.60 Å². The van der Waals surface area contributed by atoms with Gasteiger partial charge < -0.3 is 24.1 Å². The summed E-state index contributed by atoms with van der Waals surface area (Å²) in [5.41, 5.74) is 4.01. The van der Waals surface area contributed by atoms with Crippen LogP contribution in [-0.2, 0) is 27.2 Å². The van der Waals surface area contributed by atoms with Gasteiger partial charge in [0.2, 0.25) is 0 Å². The molecule has 2 rings (SSSR count). The van der Waals surface area contributed by atoms with Gasteiger partial charge in [0.25, 0.3) is 0 Å². The van der Waals surface area contributed by atoms with E-state index in [1.54, 1.807) is 0 Å². The molecule has 5 heteroatoms. The fourth-order valence-electron chi connectivity index (χ4n) is 3.55. The molecule has 0 aliphatic rings. The first kappa shape index (κ1) is 28.1. The monoisotopic (exact) mass is 470 g/mol. The molecular weight excluding hydrogens is 428 g/mol. The molecule has 5 nitrogen and oxygen atoms in total. The topological polar surface area (TPSA) is 57.2 Å². The van der Waals surface area contributed by atoms with E-state index in [2.05, 4.69) is 42.5 Å². The molecule has 0 aliphatic carbocycles. The van der Waals surface area contributed by atoms with Crippen molar-refractivity contribution < 1.29 is 24.1 Å². The van der Waals surface area contributed by atoms with Gasteiger partial charge in [-0.1, -0.05) is 49.3 Å². The average molecular weight is 471 g/mol. The number of aliphatic hydroxyl groups is 1. The number of unbranched alkanes of at least 4 members (excludes halogenated alkanes) is 2. The minimum Gasteiger partial charge on any atom is -0.468 e. The lowest BCUT2D eigenvalue weighted by atomic mass is 9.98. The first-order chi connectivity index (χ1) is 16.4. The minimum absolute atomic E-state index is 0.223. The molecule has 0 unspecified atom stereocenters. The second kappa shape index (κ2) is 15.7. The van der Waals surface area contributed by atoms with Crippen molar-refractivity contribution >= 4 is 12.2 Å². The zero-order valence-corrected chi connectivity index (χ0v) is 21.3. The third-order valence-corrected chi connectivity index (χ3v) is 5.31. The molecule has 1 N–H and O–H groups in total. The van der Waals surface area contributed by atoms with Crippen molar-refractivity contribution in [3.8, 4) is 5.75 Å². The number of ether oxygens (including phenoxy) is 4. The zero-order valence-electron chi connectivity index (χ0n) is 21.3. The lowest BCUT2D eigenvalue weighted by Gasteiger charge is -2.16. The highest BCUT2D eigenvalue weighted by Crippen LogP contribution is 2.21. The first-order valence-corrected chi connectivity index (χ1v) is 12.4. The van der Waals surface area contributed by atoms with E-state index in [-0.39, 0.29) is 13.6 Å². The van der Waals surface area contributed by atoms with Gasteiger partial charge in [-0.25, -0.2) is 0 Å². The predicted octanol–water partition coefficient (Wildman–Crippen LogP) is 6.61. The lowest BCUT2D eigenvalue weighted by Crippen LogP contribution is -2.17. The van der Waals surface area contributed by atoms with Crippen LogP contribution in [0.5, 0.6) is 5.75 Å². The lowest BCUT2D eigenvalue weighted by molar-refractivity contribution is -0.0572. The molecule has 0 saturated carbocycles. The van der Waals surface area contributed by atoms with Gasteiger partial charge in [-0.3, -0.25) is 0 Å². The second-order valence-electron chi connectivity index (χ2n) is 9.08. The Kier molecular flexibility index (Phi) is 12.9. The van der Waals surface area contributed by atoms with Gasteiger partial charge >= 0.3 is 0 Å². The summed E-state index contributed by atoms with van der Waals surface area (Å²) in [5, 5.41) is 9.84. The van der Waals surface area contributed by atoms with Crippen molar-refractivity contribution in [2.24, 2.45) is 0 Å². The van der Waals surface area contributed by atoms with Crippen LogP contribution in [0.15, 0.2) is 42.5 Å². The van der Waals surface area contributed by atoms with Crippen molar-refractivity contribution in [2.45, 2.75) is 72.0 Å². The van der Waals surface area contributed by atoms with Crippen LogP contribution in [0.4, 0.5) is 0 Å². The minimum atomic E-state index is -0.564. The van der Waals surface area contributed by atoms with Crippen LogP contribution in [-0.4, -0.2) is 37.5 Å². The molecule has 0 bridgehead atoms. The van der Waals surface area contributed by atoms with E-state index in [0.717, 1.165) is 49.0 Å². The van der Waals surface area contributed by atoms with Gasteiger partial charge in [0.15, 0.2) is 6.79 Å². The summed E-state index contributed by atoms with van der Waals surface area (Å²) in [6.45, 7) is 9.83. The van der Waals surface area contributed by atoms with E-state index in [9.17, 15) is 5.11 Å². The van der Waals surface area contributed by atoms with Crippen molar-refractivity contribution in [3.63, 3.8) is 0 Å². The molecule has 2 aromatic rings. The van der Waals surface area contributed by atoms with Gasteiger partial charge in [0.1, 0.15) is 12.5 Å². The largest absolute Gasteiger partial charge is 0.468 e. The molecule has 0 spiro atoms. The molecule has 0 amide bonds. The second-order valence-corrected chi connectivity index (χ2v) is 9.08. The summed E-state index contributed by atoms with van der Waals surface area (Å²) in [6.07, 6.45) is 9.45.